The Hall–Kier alpha value is -1.34. The molecule has 1 fully saturated rings. The van der Waals surface area contributed by atoms with Crippen LogP contribution in [0, 0.1) is 0 Å². The summed E-state index contributed by atoms with van der Waals surface area (Å²) in [6, 6.07) is 6.91. The quantitative estimate of drug-likeness (QED) is 0.549. The van der Waals surface area contributed by atoms with Crippen LogP contribution in [0.1, 0.15) is 18.1 Å². The Labute approximate surface area is 122 Å². The van der Waals surface area contributed by atoms with E-state index in [1.54, 1.807) is 24.3 Å². The van der Waals surface area contributed by atoms with E-state index in [0.717, 1.165) is 13.0 Å². The molecule has 5 N–H and O–H groups in total. The van der Waals surface area contributed by atoms with Gasteiger partial charge in [0.1, 0.15) is 0 Å². The van der Waals surface area contributed by atoms with Crippen molar-refractivity contribution in [3.8, 4) is 0 Å². The maximum absolute atomic E-state index is 11.6. The number of amides is 2. The lowest BCUT2D eigenvalue weighted by molar-refractivity contribution is 0.173. The predicted octanol–water partition coefficient (Wildman–Crippen LogP) is 0.539. The van der Waals surface area contributed by atoms with Crippen molar-refractivity contribution in [2.75, 3.05) is 19.6 Å². The number of hydrazine groups is 1. The van der Waals surface area contributed by atoms with Crippen LogP contribution >= 0.6 is 11.6 Å². The zero-order valence-electron chi connectivity index (χ0n) is 11.0. The smallest absolute Gasteiger partial charge is 0.314 e. The van der Waals surface area contributed by atoms with Crippen LogP contribution in [0.3, 0.4) is 0 Å². The van der Waals surface area contributed by atoms with Gasteiger partial charge in [-0.1, -0.05) is 23.7 Å². The maximum atomic E-state index is 11.6. The highest BCUT2D eigenvalue weighted by Crippen LogP contribution is 2.16. The van der Waals surface area contributed by atoms with Gasteiger partial charge in [-0.3, -0.25) is 10.9 Å². The third kappa shape index (κ3) is 4.64. The first-order valence-corrected chi connectivity index (χ1v) is 6.96. The average molecular weight is 299 g/mol. The van der Waals surface area contributed by atoms with Gasteiger partial charge in [-0.25, -0.2) is 4.79 Å². The van der Waals surface area contributed by atoms with E-state index in [9.17, 15) is 9.90 Å². The molecule has 0 saturated carbocycles. The topological polar surface area (TPSA) is 85.4 Å². The zero-order chi connectivity index (χ0) is 14.4. The lowest BCUT2D eigenvalue weighted by Gasteiger charge is -2.14. The van der Waals surface area contributed by atoms with E-state index < -0.39 is 6.10 Å². The van der Waals surface area contributed by atoms with Crippen molar-refractivity contribution in [1.82, 2.24) is 21.5 Å². The molecule has 20 heavy (non-hydrogen) atoms. The summed E-state index contributed by atoms with van der Waals surface area (Å²) in [6.45, 7) is 1.59. The zero-order valence-corrected chi connectivity index (χ0v) is 11.8. The van der Waals surface area contributed by atoms with Gasteiger partial charge in [0.25, 0.3) is 0 Å². The van der Waals surface area contributed by atoms with E-state index in [0.29, 0.717) is 17.1 Å². The summed E-state index contributed by atoms with van der Waals surface area (Å²) >= 11 is 5.85. The summed E-state index contributed by atoms with van der Waals surface area (Å²) < 4.78 is 0. The van der Waals surface area contributed by atoms with Crippen molar-refractivity contribution in [3.63, 3.8) is 0 Å². The number of nitrogens with one attached hydrogen (secondary N) is 4. The van der Waals surface area contributed by atoms with Gasteiger partial charge in [0, 0.05) is 30.7 Å². The predicted molar refractivity (Wildman–Crippen MR) is 77.4 cm³/mol. The Kier molecular flexibility index (Phi) is 5.60. The Morgan fingerprint density at radius 2 is 2.35 bits per heavy atom. The molecule has 110 valence electrons. The molecule has 2 unspecified atom stereocenters. The van der Waals surface area contributed by atoms with Crippen molar-refractivity contribution < 1.29 is 9.90 Å². The van der Waals surface area contributed by atoms with Gasteiger partial charge in [-0.15, -0.1) is 0 Å². The molecule has 0 aliphatic carbocycles. The highest BCUT2D eigenvalue weighted by atomic mass is 35.5. The van der Waals surface area contributed by atoms with Gasteiger partial charge in [0.2, 0.25) is 0 Å². The molecule has 7 heteroatoms. The molecule has 1 aromatic carbocycles. The first-order valence-electron chi connectivity index (χ1n) is 6.59. The van der Waals surface area contributed by atoms with Crippen LogP contribution in [0.15, 0.2) is 24.3 Å². The second-order valence-electron chi connectivity index (χ2n) is 4.72. The van der Waals surface area contributed by atoms with Crippen LogP contribution in [0.25, 0.3) is 0 Å². The highest BCUT2D eigenvalue weighted by Gasteiger charge is 2.15. The Morgan fingerprint density at radius 1 is 1.50 bits per heavy atom. The molecule has 2 amide bonds. The van der Waals surface area contributed by atoms with Crippen LogP contribution in [-0.4, -0.2) is 36.8 Å². The van der Waals surface area contributed by atoms with Crippen molar-refractivity contribution in [2.45, 2.75) is 18.6 Å². The van der Waals surface area contributed by atoms with Gasteiger partial charge in [-0.05, 0) is 24.1 Å². The molecule has 0 aromatic heterocycles. The van der Waals surface area contributed by atoms with Gasteiger partial charge in [0.15, 0.2) is 0 Å². The molecule has 1 heterocycles. The lowest BCUT2D eigenvalue weighted by Crippen LogP contribution is -2.44. The second kappa shape index (κ2) is 7.44. The SMILES string of the molecule is O=C(NCC1CCNN1)NCC(O)c1cccc(Cl)c1. The number of carbonyl (C=O) groups excluding carboxylic acids is 1. The fraction of sp³-hybridized carbons (Fsp3) is 0.462. The molecule has 1 aliphatic heterocycles. The molecule has 1 aliphatic rings. The van der Waals surface area contributed by atoms with E-state index >= 15 is 0 Å². The standard InChI is InChI=1S/C13H19ClN4O2/c14-10-3-1-2-9(6-10)12(19)8-16-13(20)15-7-11-4-5-17-18-11/h1-3,6,11-12,17-19H,4-5,7-8H2,(H2,15,16,20). The Balaban J connectivity index is 1.69. The molecule has 1 saturated heterocycles. The third-order valence-electron chi connectivity index (χ3n) is 3.12. The number of halogens is 1. The van der Waals surface area contributed by atoms with Crippen LogP contribution in [0.5, 0.6) is 0 Å². The van der Waals surface area contributed by atoms with Crippen LogP contribution < -0.4 is 21.5 Å². The summed E-state index contributed by atoms with van der Waals surface area (Å²) in [7, 11) is 0. The van der Waals surface area contributed by atoms with Gasteiger partial charge >= 0.3 is 6.03 Å². The number of rotatable bonds is 5. The normalized spacial score (nSPS) is 19.6. The molecular formula is C13H19ClN4O2. The van der Waals surface area contributed by atoms with Crippen molar-refractivity contribution in [1.29, 1.82) is 0 Å². The minimum Gasteiger partial charge on any atom is -0.387 e. The minimum atomic E-state index is -0.772. The van der Waals surface area contributed by atoms with Crippen molar-refractivity contribution in [3.05, 3.63) is 34.9 Å². The van der Waals surface area contributed by atoms with Crippen LogP contribution in [-0.2, 0) is 0 Å². The molecule has 6 nitrogen and oxygen atoms in total. The van der Waals surface area contributed by atoms with Crippen LogP contribution in [0.4, 0.5) is 4.79 Å². The summed E-state index contributed by atoms with van der Waals surface area (Å²) in [5, 5.41) is 15.9. The van der Waals surface area contributed by atoms with E-state index in [2.05, 4.69) is 21.5 Å². The summed E-state index contributed by atoms with van der Waals surface area (Å²) in [4.78, 5) is 11.6. The van der Waals surface area contributed by atoms with E-state index in [1.165, 1.54) is 0 Å². The van der Waals surface area contributed by atoms with E-state index in [-0.39, 0.29) is 18.6 Å². The number of benzene rings is 1. The van der Waals surface area contributed by atoms with Gasteiger partial charge in [0.05, 0.1) is 6.10 Å². The number of hydrogen-bond donors (Lipinski definition) is 5. The first-order chi connectivity index (χ1) is 9.65. The van der Waals surface area contributed by atoms with Gasteiger partial charge < -0.3 is 15.7 Å². The summed E-state index contributed by atoms with van der Waals surface area (Å²) in [5.74, 6) is 0. The monoisotopic (exact) mass is 298 g/mol. The molecule has 0 radical (unpaired) electrons. The fourth-order valence-corrected chi connectivity index (χ4v) is 2.19. The fourth-order valence-electron chi connectivity index (χ4n) is 1.99. The Morgan fingerprint density at radius 3 is 3.05 bits per heavy atom. The number of aliphatic hydroxyl groups is 1. The number of carbonyl (C=O) groups is 1. The summed E-state index contributed by atoms with van der Waals surface area (Å²) in [6.07, 6.45) is 0.205. The molecule has 0 bridgehead atoms. The maximum Gasteiger partial charge on any atom is 0.314 e. The van der Waals surface area contributed by atoms with Gasteiger partial charge in [-0.2, -0.15) is 0 Å². The highest BCUT2D eigenvalue weighted by molar-refractivity contribution is 6.30. The average Bonchev–Trinajstić information content (AvgIpc) is 2.95. The molecular weight excluding hydrogens is 280 g/mol. The Bertz CT molecular complexity index is 452. The van der Waals surface area contributed by atoms with Crippen LogP contribution in [0.2, 0.25) is 5.02 Å². The number of hydrogen-bond acceptors (Lipinski definition) is 4. The summed E-state index contributed by atoms with van der Waals surface area (Å²) in [5.41, 5.74) is 6.73. The second-order valence-corrected chi connectivity index (χ2v) is 5.15. The number of urea groups is 1. The molecule has 1 aromatic rings. The lowest BCUT2D eigenvalue weighted by atomic mass is 10.1. The van der Waals surface area contributed by atoms with E-state index in [1.807, 2.05) is 0 Å². The number of aliphatic hydroxyl groups excluding tert-OH is 1. The molecule has 2 rings (SSSR count). The van der Waals surface area contributed by atoms with E-state index in [4.69, 9.17) is 11.6 Å². The third-order valence-corrected chi connectivity index (χ3v) is 3.36. The molecule has 2 atom stereocenters. The van der Waals surface area contributed by atoms with Crippen molar-refractivity contribution >= 4 is 17.6 Å². The molecule has 0 spiro atoms. The van der Waals surface area contributed by atoms with Crippen molar-refractivity contribution in [2.24, 2.45) is 0 Å². The first kappa shape index (κ1) is 15.1. The largest absolute Gasteiger partial charge is 0.387 e. The minimum absolute atomic E-state index is 0.141.